The molecule has 0 aromatic heterocycles. The zero-order chi connectivity index (χ0) is 7.72. The van der Waals surface area contributed by atoms with E-state index >= 15 is 0 Å². The summed E-state index contributed by atoms with van der Waals surface area (Å²) < 4.78 is 24.7. The molecule has 1 rings (SSSR count). The van der Waals surface area contributed by atoms with Gasteiger partial charge in [-0.15, -0.1) is 0 Å². The second-order valence-corrected chi connectivity index (χ2v) is 1.87. The molecule has 0 saturated heterocycles. The van der Waals surface area contributed by atoms with Crippen LogP contribution < -0.4 is 0 Å². The van der Waals surface area contributed by atoms with Gasteiger partial charge < -0.3 is 5.11 Å². The third-order valence-corrected chi connectivity index (χ3v) is 1.15. The van der Waals surface area contributed by atoms with Gasteiger partial charge in [0.2, 0.25) is 0 Å². The van der Waals surface area contributed by atoms with Crippen molar-refractivity contribution in [2.24, 2.45) is 0 Å². The SMILES string of the molecule is [CH2]c1ccc(F)c(O)c1F. The number of rotatable bonds is 0. The molecule has 1 aromatic carbocycles. The average Bonchev–Trinajstić information content (AvgIpc) is 1.93. The van der Waals surface area contributed by atoms with Crippen molar-refractivity contribution in [2.45, 2.75) is 0 Å². The molecule has 0 bridgehead atoms. The molecule has 1 nitrogen and oxygen atoms in total. The van der Waals surface area contributed by atoms with Gasteiger partial charge in [-0.2, -0.15) is 0 Å². The van der Waals surface area contributed by atoms with Crippen molar-refractivity contribution >= 4 is 0 Å². The third kappa shape index (κ3) is 0.943. The first-order valence-electron chi connectivity index (χ1n) is 2.62. The monoisotopic (exact) mass is 143 g/mol. The minimum absolute atomic E-state index is 0.0149. The van der Waals surface area contributed by atoms with Crippen LogP contribution in [0.3, 0.4) is 0 Å². The number of phenols is 1. The first-order chi connectivity index (χ1) is 4.63. The van der Waals surface area contributed by atoms with Crippen LogP contribution in [0.15, 0.2) is 12.1 Å². The Kier molecular flexibility index (Phi) is 1.57. The molecule has 0 saturated carbocycles. The van der Waals surface area contributed by atoms with Crippen molar-refractivity contribution in [1.29, 1.82) is 0 Å². The number of phenolic OH excluding ortho intramolecular Hbond substituents is 1. The molecule has 0 amide bonds. The Hall–Kier alpha value is -1.12. The van der Waals surface area contributed by atoms with E-state index in [4.69, 9.17) is 5.11 Å². The number of hydrogen-bond acceptors (Lipinski definition) is 1. The zero-order valence-corrected chi connectivity index (χ0v) is 5.06. The summed E-state index contributed by atoms with van der Waals surface area (Å²) in [4.78, 5) is 0. The van der Waals surface area contributed by atoms with Gasteiger partial charge in [0.1, 0.15) is 0 Å². The summed E-state index contributed by atoms with van der Waals surface area (Å²) in [5.74, 6) is -2.93. The maximum absolute atomic E-state index is 12.4. The Balaban J connectivity index is 3.34. The smallest absolute Gasteiger partial charge is 0.188 e. The topological polar surface area (TPSA) is 20.2 Å². The van der Waals surface area contributed by atoms with Crippen molar-refractivity contribution in [2.75, 3.05) is 0 Å². The molecule has 1 aromatic rings. The Bertz CT molecular complexity index is 231. The lowest BCUT2D eigenvalue weighted by molar-refractivity contribution is 0.395. The van der Waals surface area contributed by atoms with E-state index in [2.05, 4.69) is 6.92 Å². The van der Waals surface area contributed by atoms with E-state index < -0.39 is 17.4 Å². The van der Waals surface area contributed by atoms with Crippen molar-refractivity contribution in [3.05, 3.63) is 36.3 Å². The Morgan fingerprint density at radius 2 is 1.90 bits per heavy atom. The maximum Gasteiger partial charge on any atom is 0.188 e. The molecule has 0 aliphatic carbocycles. The Morgan fingerprint density at radius 1 is 1.30 bits per heavy atom. The van der Waals surface area contributed by atoms with Crippen LogP contribution in [0.1, 0.15) is 5.56 Å². The van der Waals surface area contributed by atoms with E-state index in [0.29, 0.717) is 0 Å². The molecule has 0 unspecified atom stereocenters. The Labute approximate surface area is 56.9 Å². The Morgan fingerprint density at radius 3 is 2.40 bits per heavy atom. The zero-order valence-electron chi connectivity index (χ0n) is 5.06. The van der Waals surface area contributed by atoms with E-state index in [9.17, 15) is 8.78 Å². The molecule has 0 atom stereocenters. The van der Waals surface area contributed by atoms with Gasteiger partial charge in [-0.25, -0.2) is 8.78 Å². The number of hydrogen-bond donors (Lipinski definition) is 1. The van der Waals surface area contributed by atoms with Crippen LogP contribution in [0, 0.1) is 18.6 Å². The highest BCUT2D eigenvalue weighted by atomic mass is 19.1. The maximum atomic E-state index is 12.4. The molecule has 1 radical (unpaired) electrons. The highest BCUT2D eigenvalue weighted by Gasteiger charge is 2.08. The summed E-state index contributed by atoms with van der Waals surface area (Å²) in [5.41, 5.74) is -0.0149. The first kappa shape index (κ1) is 6.99. The molecule has 0 spiro atoms. The van der Waals surface area contributed by atoms with Gasteiger partial charge in [0.05, 0.1) is 0 Å². The lowest BCUT2D eigenvalue weighted by Gasteiger charge is -1.98. The summed E-state index contributed by atoms with van der Waals surface area (Å²) in [5, 5.41) is 8.60. The quantitative estimate of drug-likeness (QED) is 0.587. The van der Waals surface area contributed by atoms with E-state index in [1.54, 1.807) is 0 Å². The van der Waals surface area contributed by atoms with Gasteiger partial charge in [0.15, 0.2) is 17.4 Å². The van der Waals surface area contributed by atoms with Crippen LogP contribution in [0.25, 0.3) is 0 Å². The number of halogens is 2. The largest absolute Gasteiger partial charge is 0.503 e. The predicted molar refractivity (Wildman–Crippen MR) is 32.5 cm³/mol. The third-order valence-electron chi connectivity index (χ3n) is 1.15. The number of benzene rings is 1. The number of aromatic hydroxyl groups is 1. The highest BCUT2D eigenvalue weighted by molar-refractivity contribution is 5.32. The second kappa shape index (κ2) is 2.25. The molecule has 0 aliphatic rings. The van der Waals surface area contributed by atoms with Gasteiger partial charge in [-0.3, -0.25) is 0 Å². The van der Waals surface area contributed by atoms with Crippen molar-refractivity contribution < 1.29 is 13.9 Å². The molecule has 53 valence electrons. The average molecular weight is 143 g/mol. The molecule has 0 fully saturated rings. The van der Waals surface area contributed by atoms with Crippen molar-refractivity contribution in [3.63, 3.8) is 0 Å². The predicted octanol–water partition coefficient (Wildman–Crippen LogP) is 1.85. The van der Waals surface area contributed by atoms with Crippen molar-refractivity contribution in [3.8, 4) is 5.75 Å². The minimum Gasteiger partial charge on any atom is -0.503 e. The summed E-state index contributed by atoms with van der Waals surface area (Å²) in [6.07, 6.45) is 0. The normalized spacial score (nSPS) is 9.90. The molecule has 0 aliphatic heterocycles. The van der Waals surface area contributed by atoms with Crippen LogP contribution in [-0.4, -0.2) is 5.11 Å². The fourth-order valence-electron chi connectivity index (χ4n) is 0.583. The molecular weight excluding hydrogens is 138 g/mol. The van der Waals surface area contributed by atoms with Crippen molar-refractivity contribution in [1.82, 2.24) is 0 Å². The molecule has 1 N–H and O–H groups in total. The summed E-state index contributed by atoms with van der Waals surface area (Å²) in [6, 6.07) is 2.12. The standard InChI is InChI=1S/C7H5F2O/c1-4-2-3-5(8)7(10)6(4)9/h2-3,10H,1H2. The van der Waals surface area contributed by atoms with E-state index in [-0.39, 0.29) is 5.56 Å². The van der Waals surface area contributed by atoms with E-state index in [1.165, 1.54) is 0 Å². The summed E-state index contributed by atoms with van der Waals surface area (Å²) in [6.45, 7) is 3.22. The van der Waals surface area contributed by atoms with E-state index in [0.717, 1.165) is 12.1 Å². The van der Waals surface area contributed by atoms with Gasteiger partial charge >= 0.3 is 0 Å². The van der Waals surface area contributed by atoms with Crippen LogP contribution >= 0.6 is 0 Å². The minimum atomic E-state index is -1.000. The molecular formula is C7H5F2O. The van der Waals surface area contributed by atoms with Gasteiger partial charge in [0.25, 0.3) is 0 Å². The molecule has 3 heteroatoms. The van der Waals surface area contributed by atoms with Crippen LogP contribution in [-0.2, 0) is 0 Å². The second-order valence-electron chi connectivity index (χ2n) is 1.87. The summed E-state index contributed by atoms with van der Waals surface area (Å²) in [7, 11) is 0. The fraction of sp³-hybridized carbons (Fsp3) is 0. The van der Waals surface area contributed by atoms with Crippen LogP contribution in [0.2, 0.25) is 0 Å². The lowest BCUT2D eigenvalue weighted by atomic mass is 10.2. The highest BCUT2D eigenvalue weighted by Crippen LogP contribution is 2.21. The van der Waals surface area contributed by atoms with E-state index in [1.807, 2.05) is 0 Å². The fourth-order valence-corrected chi connectivity index (χ4v) is 0.583. The molecule has 0 heterocycles. The van der Waals surface area contributed by atoms with Gasteiger partial charge in [-0.1, -0.05) is 6.07 Å². The van der Waals surface area contributed by atoms with Crippen LogP contribution in [0.4, 0.5) is 8.78 Å². The van der Waals surface area contributed by atoms with Gasteiger partial charge in [-0.05, 0) is 18.6 Å². The van der Waals surface area contributed by atoms with Gasteiger partial charge in [0, 0.05) is 0 Å². The summed E-state index contributed by atoms with van der Waals surface area (Å²) >= 11 is 0. The molecule has 10 heavy (non-hydrogen) atoms. The van der Waals surface area contributed by atoms with Crippen LogP contribution in [0.5, 0.6) is 5.75 Å². The lowest BCUT2D eigenvalue weighted by Crippen LogP contribution is -1.85. The first-order valence-corrected chi connectivity index (χ1v) is 2.62.